The van der Waals surface area contributed by atoms with Crippen LogP contribution in [0.2, 0.25) is 0 Å². The number of esters is 1. The number of benzene rings is 1. The fourth-order valence-corrected chi connectivity index (χ4v) is 4.45. The molecule has 2 aromatic heterocycles. The molecule has 2 atom stereocenters. The van der Waals surface area contributed by atoms with Crippen LogP contribution >= 0.6 is 0 Å². The summed E-state index contributed by atoms with van der Waals surface area (Å²) >= 11 is 0. The third kappa shape index (κ3) is 4.20. The molecule has 1 aliphatic rings. The Morgan fingerprint density at radius 2 is 1.91 bits per heavy atom. The van der Waals surface area contributed by atoms with Gasteiger partial charge in [-0.3, -0.25) is 14.2 Å². The van der Waals surface area contributed by atoms with Crippen LogP contribution in [-0.4, -0.2) is 33.7 Å². The number of rotatable bonds is 6. The topological polar surface area (TPSA) is 95.3 Å². The lowest BCUT2D eigenvalue weighted by Crippen LogP contribution is -2.32. The number of aryl methyl sites for hydroxylation is 2. The SMILES string of the molecule is CCn1c(N[C@H]2c3ccccc3C[C@@H]2OC(C)=O)c(C)nc(-c2ccc(OC)nc2C)c1=O. The third-order valence-electron chi connectivity index (χ3n) is 5.97. The van der Waals surface area contributed by atoms with E-state index in [1.54, 1.807) is 23.8 Å². The summed E-state index contributed by atoms with van der Waals surface area (Å²) in [5, 5.41) is 3.48. The van der Waals surface area contributed by atoms with Crippen molar-refractivity contribution in [2.24, 2.45) is 0 Å². The minimum Gasteiger partial charge on any atom is -0.481 e. The van der Waals surface area contributed by atoms with Crippen LogP contribution in [0.4, 0.5) is 5.82 Å². The highest BCUT2D eigenvalue weighted by Gasteiger charge is 2.35. The number of hydrogen-bond acceptors (Lipinski definition) is 7. The van der Waals surface area contributed by atoms with Crippen LogP contribution in [0.5, 0.6) is 5.88 Å². The Kier molecular flexibility index (Phi) is 6.18. The zero-order valence-electron chi connectivity index (χ0n) is 19.5. The molecular weight excluding hydrogens is 420 g/mol. The maximum atomic E-state index is 13.5. The van der Waals surface area contributed by atoms with Crippen molar-refractivity contribution in [2.75, 3.05) is 12.4 Å². The molecule has 3 aromatic rings. The van der Waals surface area contributed by atoms with Crippen LogP contribution in [-0.2, 0) is 22.5 Å². The van der Waals surface area contributed by atoms with E-state index in [-0.39, 0.29) is 23.7 Å². The number of pyridine rings is 1. The quantitative estimate of drug-likeness (QED) is 0.576. The largest absolute Gasteiger partial charge is 0.481 e. The van der Waals surface area contributed by atoms with Gasteiger partial charge < -0.3 is 14.8 Å². The summed E-state index contributed by atoms with van der Waals surface area (Å²) < 4.78 is 12.5. The second-order valence-corrected chi connectivity index (χ2v) is 8.10. The maximum absolute atomic E-state index is 13.5. The van der Waals surface area contributed by atoms with Gasteiger partial charge in [-0.2, -0.15) is 0 Å². The number of nitrogens with one attached hydrogen (secondary N) is 1. The minimum absolute atomic E-state index is 0.212. The molecule has 1 aromatic carbocycles. The van der Waals surface area contributed by atoms with Gasteiger partial charge in [-0.25, -0.2) is 9.97 Å². The molecule has 0 radical (unpaired) electrons. The highest BCUT2D eigenvalue weighted by atomic mass is 16.5. The van der Waals surface area contributed by atoms with Crippen LogP contribution in [0, 0.1) is 13.8 Å². The van der Waals surface area contributed by atoms with Crippen molar-refractivity contribution in [3.05, 3.63) is 69.3 Å². The second kappa shape index (κ2) is 9.05. The minimum atomic E-state index is -0.368. The molecule has 0 fully saturated rings. The molecular formula is C25H28N4O4. The molecule has 0 amide bonds. The van der Waals surface area contributed by atoms with E-state index in [1.165, 1.54) is 6.92 Å². The van der Waals surface area contributed by atoms with Crippen molar-refractivity contribution >= 4 is 11.8 Å². The molecule has 172 valence electrons. The third-order valence-corrected chi connectivity index (χ3v) is 5.97. The number of carbonyl (C=O) groups is 1. The van der Waals surface area contributed by atoms with Crippen LogP contribution in [0.15, 0.2) is 41.2 Å². The predicted molar refractivity (Wildman–Crippen MR) is 125 cm³/mol. The highest BCUT2D eigenvalue weighted by molar-refractivity contribution is 5.67. The molecule has 0 saturated carbocycles. The zero-order valence-corrected chi connectivity index (χ0v) is 19.5. The van der Waals surface area contributed by atoms with Crippen molar-refractivity contribution in [3.63, 3.8) is 0 Å². The van der Waals surface area contributed by atoms with E-state index < -0.39 is 0 Å². The lowest BCUT2D eigenvalue weighted by molar-refractivity contribution is -0.146. The first kappa shape index (κ1) is 22.5. The van der Waals surface area contributed by atoms with Gasteiger partial charge >= 0.3 is 5.97 Å². The molecule has 0 bridgehead atoms. The molecule has 33 heavy (non-hydrogen) atoms. The molecule has 2 heterocycles. The Morgan fingerprint density at radius 3 is 2.58 bits per heavy atom. The standard InChI is InChI=1S/C25H28N4O4/c1-6-29-24(28-22-19-10-8-7-9-17(19)13-20(22)33-16(4)30)15(3)27-23(25(29)31)18-11-12-21(32-5)26-14(18)2/h7-12,20,22,28H,6,13H2,1-5H3/t20-,22-/m0/s1. The number of aromatic nitrogens is 3. The summed E-state index contributed by atoms with van der Waals surface area (Å²) in [6, 6.07) is 11.2. The predicted octanol–water partition coefficient (Wildman–Crippen LogP) is 3.59. The van der Waals surface area contributed by atoms with Gasteiger partial charge in [-0.1, -0.05) is 24.3 Å². The van der Waals surface area contributed by atoms with Crippen molar-refractivity contribution in [2.45, 2.75) is 52.8 Å². The number of carbonyl (C=O) groups excluding carboxylic acids is 1. The van der Waals surface area contributed by atoms with Gasteiger partial charge in [0.1, 0.15) is 17.6 Å². The zero-order chi connectivity index (χ0) is 23.7. The van der Waals surface area contributed by atoms with Crippen molar-refractivity contribution in [1.29, 1.82) is 0 Å². The number of fused-ring (bicyclic) bond motifs is 1. The van der Waals surface area contributed by atoms with E-state index in [4.69, 9.17) is 9.47 Å². The first-order valence-electron chi connectivity index (χ1n) is 11.0. The van der Waals surface area contributed by atoms with Crippen LogP contribution in [0.1, 0.15) is 42.4 Å². The fraction of sp³-hybridized carbons (Fsp3) is 0.360. The number of nitrogens with zero attached hydrogens (tertiary/aromatic N) is 3. The Balaban J connectivity index is 1.78. The van der Waals surface area contributed by atoms with Crippen LogP contribution < -0.4 is 15.6 Å². The fourth-order valence-electron chi connectivity index (χ4n) is 4.45. The molecule has 8 nitrogen and oxygen atoms in total. The first-order chi connectivity index (χ1) is 15.8. The Bertz CT molecular complexity index is 1270. The maximum Gasteiger partial charge on any atom is 0.302 e. The van der Waals surface area contributed by atoms with E-state index in [1.807, 2.05) is 45.0 Å². The normalized spacial score (nSPS) is 16.9. The molecule has 4 rings (SSSR count). The van der Waals surface area contributed by atoms with Crippen molar-refractivity contribution < 1.29 is 14.3 Å². The summed E-state index contributed by atoms with van der Waals surface area (Å²) in [5.74, 6) is 0.767. The molecule has 8 heteroatoms. The van der Waals surface area contributed by atoms with Gasteiger partial charge in [0.2, 0.25) is 5.88 Å². The smallest absolute Gasteiger partial charge is 0.302 e. The lowest BCUT2D eigenvalue weighted by atomic mass is 10.1. The van der Waals surface area contributed by atoms with Gasteiger partial charge in [0.05, 0.1) is 24.5 Å². The molecule has 0 spiro atoms. The first-order valence-corrected chi connectivity index (χ1v) is 11.0. The average Bonchev–Trinajstić information content (AvgIpc) is 3.12. The van der Waals surface area contributed by atoms with E-state index in [9.17, 15) is 9.59 Å². The second-order valence-electron chi connectivity index (χ2n) is 8.10. The highest BCUT2D eigenvalue weighted by Crippen LogP contribution is 2.36. The number of methoxy groups -OCH3 is 1. The summed E-state index contributed by atoms with van der Waals surface area (Å²) in [7, 11) is 1.55. The van der Waals surface area contributed by atoms with Gasteiger partial charge in [-0.05, 0) is 38.0 Å². The summed E-state index contributed by atoms with van der Waals surface area (Å²) in [6.45, 7) is 7.48. The average molecular weight is 449 g/mol. The summed E-state index contributed by atoms with van der Waals surface area (Å²) in [5.41, 5.74) is 4.31. The van der Waals surface area contributed by atoms with E-state index in [2.05, 4.69) is 15.3 Å². The monoisotopic (exact) mass is 448 g/mol. The van der Waals surface area contributed by atoms with Gasteiger partial charge in [-0.15, -0.1) is 0 Å². The Hall–Kier alpha value is -3.68. The lowest BCUT2D eigenvalue weighted by Gasteiger charge is -2.25. The van der Waals surface area contributed by atoms with Gasteiger partial charge in [0, 0.05) is 31.5 Å². The van der Waals surface area contributed by atoms with Crippen LogP contribution in [0.25, 0.3) is 11.3 Å². The summed E-state index contributed by atoms with van der Waals surface area (Å²) in [6.07, 6.45) is 0.248. The number of ether oxygens (including phenoxy) is 2. The van der Waals surface area contributed by atoms with Gasteiger partial charge in [0.15, 0.2) is 0 Å². The van der Waals surface area contributed by atoms with Crippen LogP contribution in [0.3, 0.4) is 0 Å². The van der Waals surface area contributed by atoms with E-state index >= 15 is 0 Å². The number of hydrogen-bond donors (Lipinski definition) is 1. The molecule has 0 unspecified atom stereocenters. The Labute approximate surface area is 192 Å². The van der Waals surface area contributed by atoms with E-state index in [0.717, 1.165) is 11.1 Å². The molecule has 0 aliphatic heterocycles. The Morgan fingerprint density at radius 1 is 1.15 bits per heavy atom. The molecule has 1 N–H and O–H groups in total. The number of anilines is 1. The molecule has 1 aliphatic carbocycles. The van der Waals surface area contributed by atoms with Crippen molar-refractivity contribution in [1.82, 2.24) is 14.5 Å². The van der Waals surface area contributed by atoms with Gasteiger partial charge in [0.25, 0.3) is 5.56 Å². The molecule has 0 saturated heterocycles. The summed E-state index contributed by atoms with van der Waals surface area (Å²) in [4.78, 5) is 34.3. The van der Waals surface area contributed by atoms with Crippen molar-refractivity contribution in [3.8, 4) is 17.1 Å². The van der Waals surface area contributed by atoms with E-state index in [0.29, 0.717) is 47.3 Å².